The summed E-state index contributed by atoms with van der Waals surface area (Å²) >= 11 is 0. The predicted octanol–water partition coefficient (Wildman–Crippen LogP) is 2.34. The van der Waals surface area contributed by atoms with E-state index in [0.29, 0.717) is 11.1 Å². The van der Waals surface area contributed by atoms with Gasteiger partial charge >= 0.3 is 11.9 Å². The molecular formula is C21H18O9. The first-order chi connectivity index (χ1) is 14.5. The second kappa shape index (κ2) is 7.46. The maximum absolute atomic E-state index is 11.0. The normalized spacial score (nSPS) is 32.4. The average Bonchev–Trinajstić information content (AvgIpc) is 3.31. The molecule has 2 aromatic carbocycles. The van der Waals surface area contributed by atoms with Gasteiger partial charge < -0.3 is 33.9 Å². The summed E-state index contributed by atoms with van der Waals surface area (Å²) in [6.45, 7) is 0.285. The van der Waals surface area contributed by atoms with Crippen LogP contribution in [0, 0.1) is 0 Å². The van der Waals surface area contributed by atoms with E-state index < -0.39 is 43.0 Å². The summed E-state index contributed by atoms with van der Waals surface area (Å²) in [6.07, 6.45) is -3.22. The first-order valence-electron chi connectivity index (χ1n) is 9.39. The van der Waals surface area contributed by atoms with E-state index in [-0.39, 0.29) is 23.8 Å². The number of benzene rings is 2. The van der Waals surface area contributed by atoms with E-state index in [2.05, 4.69) is 0 Å². The van der Waals surface area contributed by atoms with Crippen LogP contribution in [0.1, 0.15) is 44.4 Å². The van der Waals surface area contributed by atoms with Crippen molar-refractivity contribution in [1.29, 1.82) is 0 Å². The van der Waals surface area contributed by atoms with Crippen LogP contribution in [0.15, 0.2) is 48.5 Å². The Balaban J connectivity index is 1.28. The van der Waals surface area contributed by atoms with Gasteiger partial charge in [-0.1, -0.05) is 24.3 Å². The molecule has 0 saturated carbocycles. The molecule has 156 valence electrons. The third kappa shape index (κ3) is 3.36. The van der Waals surface area contributed by atoms with Crippen LogP contribution < -0.4 is 0 Å². The Labute approximate surface area is 170 Å². The Bertz CT molecular complexity index is 955. The van der Waals surface area contributed by atoms with Crippen molar-refractivity contribution in [2.75, 3.05) is 6.61 Å². The fourth-order valence-corrected chi connectivity index (χ4v) is 3.80. The summed E-state index contributed by atoms with van der Waals surface area (Å²) in [5.74, 6) is -2.01. The maximum Gasteiger partial charge on any atom is 0.335 e. The van der Waals surface area contributed by atoms with E-state index in [4.69, 9.17) is 33.9 Å². The number of carboxylic acid groups (broad SMARTS) is 2. The highest BCUT2D eigenvalue weighted by Crippen LogP contribution is 2.43. The lowest BCUT2D eigenvalue weighted by Crippen LogP contribution is -2.43. The van der Waals surface area contributed by atoms with Gasteiger partial charge in [0.2, 0.25) is 0 Å². The minimum absolute atomic E-state index is 0.178. The van der Waals surface area contributed by atoms with Gasteiger partial charge in [0.1, 0.15) is 18.3 Å². The zero-order valence-electron chi connectivity index (χ0n) is 15.5. The van der Waals surface area contributed by atoms with Crippen LogP contribution >= 0.6 is 0 Å². The topological polar surface area (TPSA) is 121 Å². The van der Waals surface area contributed by atoms with Crippen LogP contribution in [0.2, 0.25) is 0 Å². The summed E-state index contributed by atoms with van der Waals surface area (Å²) < 4.78 is 29.5. The molecule has 3 fully saturated rings. The fraction of sp³-hybridized carbons (Fsp3) is 0.333. The molecule has 0 bridgehead atoms. The molecule has 2 N–H and O–H groups in total. The third-order valence-electron chi connectivity index (χ3n) is 5.36. The van der Waals surface area contributed by atoms with Gasteiger partial charge in [-0.15, -0.1) is 0 Å². The molecule has 9 heteroatoms. The van der Waals surface area contributed by atoms with Gasteiger partial charge in [0.25, 0.3) is 0 Å². The Morgan fingerprint density at radius 2 is 1.23 bits per heavy atom. The van der Waals surface area contributed by atoms with Crippen molar-refractivity contribution < 1.29 is 43.5 Å². The second-order valence-corrected chi connectivity index (χ2v) is 7.23. The zero-order chi connectivity index (χ0) is 20.8. The Morgan fingerprint density at radius 1 is 0.700 bits per heavy atom. The molecule has 30 heavy (non-hydrogen) atoms. The highest BCUT2D eigenvalue weighted by Gasteiger charge is 2.55. The van der Waals surface area contributed by atoms with E-state index in [1.165, 1.54) is 24.3 Å². The molecule has 6 atom stereocenters. The minimum atomic E-state index is -1.00. The molecule has 0 spiro atoms. The maximum atomic E-state index is 11.0. The number of aromatic carboxylic acids is 2. The number of hydrogen-bond acceptors (Lipinski definition) is 7. The van der Waals surface area contributed by atoms with Gasteiger partial charge in [0.05, 0.1) is 17.7 Å². The SMILES string of the molecule is O=C(O)c1ccc(C2OCC3OC4OC(c5ccc(C(=O)O)cc5)OC4C3O2)cc1. The quantitative estimate of drug-likeness (QED) is 0.776. The molecular weight excluding hydrogens is 396 g/mol. The molecule has 9 nitrogen and oxygen atoms in total. The van der Waals surface area contributed by atoms with Crippen molar-refractivity contribution in [3.8, 4) is 0 Å². The molecule has 3 saturated heterocycles. The molecule has 3 aliphatic heterocycles. The van der Waals surface area contributed by atoms with Gasteiger partial charge in [0, 0.05) is 11.1 Å². The first kappa shape index (κ1) is 19.2. The van der Waals surface area contributed by atoms with E-state index in [1.807, 2.05) is 0 Å². The Kier molecular flexibility index (Phi) is 4.76. The van der Waals surface area contributed by atoms with Crippen molar-refractivity contribution in [1.82, 2.24) is 0 Å². The van der Waals surface area contributed by atoms with Crippen LogP contribution in [0.25, 0.3) is 0 Å². The molecule has 3 aliphatic rings. The van der Waals surface area contributed by atoms with E-state index in [1.54, 1.807) is 24.3 Å². The van der Waals surface area contributed by atoms with E-state index in [0.717, 1.165) is 0 Å². The predicted molar refractivity (Wildman–Crippen MR) is 97.7 cm³/mol. The number of ether oxygens (including phenoxy) is 5. The first-order valence-corrected chi connectivity index (χ1v) is 9.39. The Morgan fingerprint density at radius 3 is 1.80 bits per heavy atom. The number of hydrogen-bond donors (Lipinski definition) is 2. The fourth-order valence-electron chi connectivity index (χ4n) is 3.80. The van der Waals surface area contributed by atoms with Crippen LogP contribution in [0.5, 0.6) is 0 Å². The van der Waals surface area contributed by atoms with Gasteiger partial charge in [-0.3, -0.25) is 0 Å². The highest BCUT2D eigenvalue weighted by atomic mass is 16.8. The lowest BCUT2D eigenvalue weighted by molar-refractivity contribution is -0.273. The van der Waals surface area contributed by atoms with Gasteiger partial charge in [-0.2, -0.15) is 0 Å². The molecule has 6 unspecified atom stereocenters. The summed E-state index contributed by atoms with van der Waals surface area (Å²) in [4.78, 5) is 22.0. The number of rotatable bonds is 4. The van der Waals surface area contributed by atoms with Gasteiger partial charge in [-0.05, 0) is 24.3 Å². The van der Waals surface area contributed by atoms with Crippen molar-refractivity contribution in [3.63, 3.8) is 0 Å². The molecule has 3 heterocycles. The molecule has 0 aromatic heterocycles. The van der Waals surface area contributed by atoms with Crippen LogP contribution in [0.3, 0.4) is 0 Å². The second-order valence-electron chi connectivity index (χ2n) is 7.23. The summed E-state index contributed by atoms with van der Waals surface area (Å²) in [5, 5.41) is 18.1. The molecule has 0 radical (unpaired) electrons. The minimum Gasteiger partial charge on any atom is -0.478 e. The largest absolute Gasteiger partial charge is 0.478 e. The summed E-state index contributed by atoms with van der Waals surface area (Å²) in [7, 11) is 0. The highest BCUT2D eigenvalue weighted by molar-refractivity contribution is 5.88. The standard InChI is InChI=1S/C21H18O9/c22-17(23)10-1-5-12(6-2-10)19-26-9-14-15(28-19)16-21(27-14)30-20(29-16)13-7-3-11(4-8-13)18(24)25/h1-8,14-16,19-21H,9H2,(H,22,23)(H,24,25). The third-order valence-corrected chi connectivity index (χ3v) is 5.36. The number of fused-ring (bicyclic) bond motifs is 3. The lowest BCUT2D eigenvalue weighted by Gasteiger charge is -2.33. The number of carboxylic acids is 2. The van der Waals surface area contributed by atoms with Crippen LogP contribution in [-0.2, 0) is 23.7 Å². The monoisotopic (exact) mass is 414 g/mol. The molecule has 0 aliphatic carbocycles. The van der Waals surface area contributed by atoms with Crippen molar-refractivity contribution >= 4 is 11.9 Å². The van der Waals surface area contributed by atoms with E-state index in [9.17, 15) is 9.59 Å². The Hall–Kier alpha value is -2.82. The average molecular weight is 414 g/mol. The summed E-state index contributed by atoms with van der Waals surface area (Å²) in [6, 6.07) is 12.6. The van der Waals surface area contributed by atoms with Gasteiger partial charge in [-0.25, -0.2) is 9.59 Å². The van der Waals surface area contributed by atoms with Gasteiger partial charge in [0.15, 0.2) is 18.9 Å². The van der Waals surface area contributed by atoms with Crippen molar-refractivity contribution in [2.45, 2.75) is 37.2 Å². The van der Waals surface area contributed by atoms with Crippen LogP contribution in [-0.4, -0.2) is 53.4 Å². The zero-order valence-corrected chi connectivity index (χ0v) is 15.5. The smallest absolute Gasteiger partial charge is 0.335 e. The van der Waals surface area contributed by atoms with E-state index >= 15 is 0 Å². The van der Waals surface area contributed by atoms with Crippen LogP contribution in [0.4, 0.5) is 0 Å². The molecule has 0 amide bonds. The van der Waals surface area contributed by atoms with Crippen molar-refractivity contribution in [2.24, 2.45) is 0 Å². The molecule has 2 aromatic rings. The molecule has 5 rings (SSSR count). The lowest BCUT2D eigenvalue weighted by atomic mass is 10.1. The number of carbonyl (C=O) groups is 2. The summed E-state index contributed by atoms with van der Waals surface area (Å²) in [5.41, 5.74) is 1.74. The van der Waals surface area contributed by atoms with Crippen molar-refractivity contribution in [3.05, 3.63) is 70.8 Å².